The Labute approximate surface area is 728 Å². The number of piperazine rings is 2. The Balaban J connectivity index is 0.942. The minimum Gasteiger partial charge on any atom is -0.508 e. The Morgan fingerprint density at radius 3 is 1.13 bits per heavy atom. The molecule has 7 N–H and O–H groups in total. The number of phenols is 4. The Kier molecular flexibility index (Phi) is 33.6. The molecule has 2 atom stereocenters. The number of benzene rings is 4. The van der Waals surface area contributed by atoms with Crippen molar-refractivity contribution in [2.45, 2.75) is 210 Å². The van der Waals surface area contributed by atoms with Crippen molar-refractivity contribution in [3.63, 3.8) is 0 Å². The third kappa shape index (κ3) is 28.2. The van der Waals surface area contributed by atoms with Gasteiger partial charge in [0.25, 0.3) is 11.8 Å². The molecule has 34 heteroatoms. The number of esters is 4. The van der Waals surface area contributed by atoms with E-state index < -0.39 is 76.1 Å². The van der Waals surface area contributed by atoms with Crippen LogP contribution in [0.4, 0.5) is 0 Å². The van der Waals surface area contributed by atoms with Crippen molar-refractivity contribution < 1.29 is 82.5 Å². The molecule has 124 heavy (non-hydrogen) atoms. The summed E-state index contributed by atoms with van der Waals surface area (Å²) in [4.78, 5) is 143. The van der Waals surface area contributed by atoms with Crippen LogP contribution >= 0.6 is 0 Å². The van der Waals surface area contributed by atoms with E-state index in [1.807, 2.05) is 95.8 Å². The lowest BCUT2D eigenvalue weighted by Gasteiger charge is -2.37. The van der Waals surface area contributed by atoms with Gasteiger partial charge in [-0.2, -0.15) is 0 Å². The molecule has 9 rings (SSSR count). The number of amides is 5. The predicted octanol–water partition coefficient (Wildman–Crippen LogP) is 7.74. The maximum absolute atomic E-state index is 15.3. The van der Waals surface area contributed by atoms with E-state index in [1.54, 1.807) is 128 Å². The first-order valence-electron chi connectivity index (χ1n) is 43.2. The highest BCUT2D eigenvalue weighted by Gasteiger charge is 2.37. The molecule has 678 valence electrons. The zero-order valence-corrected chi connectivity index (χ0v) is 75.7. The first-order chi connectivity index (χ1) is 58.3. The normalized spacial score (nSPS) is 16.3. The van der Waals surface area contributed by atoms with Gasteiger partial charge in [0.05, 0.1) is 30.8 Å². The lowest BCUT2D eigenvalue weighted by Crippen LogP contribution is -2.55. The largest absolute Gasteiger partial charge is 0.508 e. The van der Waals surface area contributed by atoms with Crippen LogP contribution in [0.25, 0.3) is 34.2 Å². The van der Waals surface area contributed by atoms with Crippen molar-refractivity contribution in [1.29, 1.82) is 0 Å². The predicted molar refractivity (Wildman–Crippen MR) is 467 cm³/mol. The molecule has 34 nitrogen and oxygen atoms in total. The highest BCUT2D eigenvalue weighted by Crippen LogP contribution is 2.41. The number of phenolic OH excluding ortho intramolecular Hbond substituents is 4. The molecular weight excluding hydrogens is 1590 g/mol. The fourth-order valence-corrected chi connectivity index (χ4v) is 15.2. The molecule has 3 aliphatic heterocycles. The van der Waals surface area contributed by atoms with E-state index >= 15 is 4.79 Å². The number of carbonyl (C=O) groups excluding carboxylic acids is 9. The zero-order chi connectivity index (χ0) is 90.9. The number of nitrogens with one attached hydrogen (secondary N) is 3. The number of hydrogen-bond donors (Lipinski definition) is 7. The lowest BCUT2D eigenvalue weighted by molar-refractivity contribution is -0.163. The fourth-order valence-electron chi connectivity index (χ4n) is 15.2. The summed E-state index contributed by atoms with van der Waals surface area (Å²) in [5.74, 6) is -4.61. The minimum absolute atomic E-state index is 0.00132. The van der Waals surface area contributed by atoms with Crippen molar-refractivity contribution >= 4 is 53.4 Å². The van der Waals surface area contributed by atoms with Crippen LogP contribution < -0.4 is 16.0 Å². The van der Waals surface area contributed by atoms with Gasteiger partial charge in [0.2, 0.25) is 29.4 Å². The molecule has 4 aromatic carbocycles. The summed E-state index contributed by atoms with van der Waals surface area (Å²) in [6.07, 6.45) is -0.518. The van der Waals surface area contributed by atoms with E-state index in [4.69, 9.17) is 18.9 Å². The summed E-state index contributed by atoms with van der Waals surface area (Å²) < 4.78 is 26.7. The molecule has 5 heterocycles. The van der Waals surface area contributed by atoms with E-state index in [2.05, 4.69) is 46.1 Å². The van der Waals surface area contributed by atoms with E-state index in [9.17, 15) is 58.8 Å². The second kappa shape index (κ2) is 42.8. The molecule has 0 saturated carbocycles. The number of hydrogen-bond acceptors (Lipinski definition) is 27. The molecule has 3 saturated heterocycles. The maximum Gasteiger partial charge on any atom is 0.323 e. The Morgan fingerprint density at radius 1 is 0.419 bits per heavy atom. The summed E-state index contributed by atoms with van der Waals surface area (Å²) >= 11 is 0. The van der Waals surface area contributed by atoms with Gasteiger partial charge in [0.1, 0.15) is 57.5 Å². The molecule has 6 aromatic rings. The van der Waals surface area contributed by atoms with Gasteiger partial charge in [0.15, 0.2) is 11.6 Å². The van der Waals surface area contributed by atoms with Gasteiger partial charge >= 0.3 is 23.9 Å². The van der Waals surface area contributed by atoms with Gasteiger partial charge < -0.3 is 65.1 Å². The van der Waals surface area contributed by atoms with E-state index in [0.29, 0.717) is 101 Å². The van der Waals surface area contributed by atoms with Gasteiger partial charge in [-0.3, -0.25) is 81.7 Å². The fraction of sp³-hybridized carbons (Fsp3) is 0.589. The molecule has 0 aliphatic carbocycles. The highest BCUT2D eigenvalue weighted by molar-refractivity contribution is 5.93. The van der Waals surface area contributed by atoms with Crippen molar-refractivity contribution in [3.8, 4) is 57.1 Å². The second-order valence-corrected chi connectivity index (χ2v) is 36.7. The molecular formula is C90H131N17O17. The molecule has 0 bridgehead atoms. The summed E-state index contributed by atoms with van der Waals surface area (Å²) in [5.41, 5.74) is 1.28. The van der Waals surface area contributed by atoms with Crippen LogP contribution in [0.1, 0.15) is 206 Å². The average Bonchev–Trinajstić information content (AvgIpc) is 1.60. The average molecular weight is 1720 g/mol. The SMILES string of the molecule is CCNC(=O)c1nnc(-c2cc(C(C)C)c(O)cc2O)n1-c1ccc(CN2CCN(C(=O)CC[C@H](NC(=O)CC[C@H](C(=O)OC(C)(C)C)N3CCN(CC(=O)OC(C)(C)C)CCN(CC(=O)OC(C)(C)C)CCN(CC(=O)OC(C)(C)C)CC3)C(=O)N3CCN(Cc4ccc(-n5c(C(=O)NCC)nnc5-c5cc(C(C)C)c(O)cc5O)cc4)CC3)CC2)cc1. The standard InChI is InChI=1S/C90H131N17O17/c1-19-91-83(117)81-96-94-79(66-49-64(58(3)4)70(108)51-72(66)110)106(81)62-25-21-60(22-26-62)53-98-39-45-104(46-40-98)75(113)32-29-68(85(119)105-47-41-99(42-48-105)54-61-23-27-63(28-24-61)107-80(95-97-82(107)84(118)92-20-2)67-50-65(59(5)6)71(109)52-73(67)111)93-74(112)31-30-69(86(120)124-90(16,17)18)103-43-37-101(56-77(115)122-88(10,11)12)35-33-100(55-76(114)121-87(7,8)9)34-36-102(38-44-103)57-78(116)123-89(13,14)15/h21-28,49-52,58-59,68-69,108-111H,19-20,29-48,53-57H2,1-18H3,(H,91,117)(H,92,118)(H,93,112)/t68-,69+/m0/s1. The smallest absolute Gasteiger partial charge is 0.323 e. The monoisotopic (exact) mass is 1720 g/mol. The maximum atomic E-state index is 15.3. The number of nitrogens with zero attached hydrogens (tertiary/aromatic N) is 14. The summed E-state index contributed by atoms with van der Waals surface area (Å²) in [6.45, 7) is 38.9. The molecule has 0 radical (unpaired) electrons. The molecule has 5 amide bonds. The summed E-state index contributed by atoms with van der Waals surface area (Å²) in [5, 5.41) is 69.6. The van der Waals surface area contributed by atoms with Crippen molar-refractivity contribution in [2.75, 3.05) is 137 Å². The molecule has 0 spiro atoms. The van der Waals surface area contributed by atoms with Gasteiger partial charge in [-0.15, -0.1) is 20.4 Å². The van der Waals surface area contributed by atoms with Gasteiger partial charge in [-0.25, -0.2) is 0 Å². The summed E-state index contributed by atoms with van der Waals surface area (Å²) in [6, 6.07) is 18.6. The van der Waals surface area contributed by atoms with Crippen molar-refractivity contribution in [3.05, 3.63) is 107 Å². The third-order valence-corrected chi connectivity index (χ3v) is 21.3. The second-order valence-electron chi connectivity index (χ2n) is 36.7. The quantitative estimate of drug-likeness (QED) is 0.0167. The van der Waals surface area contributed by atoms with E-state index in [1.165, 1.54) is 12.1 Å². The van der Waals surface area contributed by atoms with Crippen LogP contribution in [0.5, 0.6) is 23.0 Å². The number of aromatic nitrogens is 6. The topological polar surface area (TPSA) is 395 Å². The molecule has 0 unspecified atom stereocenters. The third-order valence-electron chi connectivity index (χ3n) is 21.3. The van der Waals surface area contributed by atoms with Crippen LogP contribution in [-0.4, -0.2) is 314 Å². The summed E-state index contributed by atoms with van der Waals surface area (Å²) in [7, 11) is 0. The highest BCUT2D eigenvalue weighted by atomic mass is 16.6. The number of rotatable bonds is 30. The Hall–Kier alpha value is -10.7. The number of aromatic hydroxyl groups is 4. The Bertz CT molecular complexity index is 4630. The van der Waals surface area contributed by atoms with Crippen LogP contribution in [0.3, 0.4) is 0 Å². The van der Waals surface area contributed by atoms with Crippen LogP contribution in [-0.2, 0) is 65.6 Å². The van der Waals surface area contributed by atoms with Crippen LogP contribution in [0, 0.1) is 0 Å². The van der Waals surface area contributed by atoms with Gasteiger partial charge in [-0.05, 0) is 180 Å². The minimum atomic E-state index is -1.18. The van der Waals surface area contributed by atoms with Crippen molar-refractivity contribution in [2.24, 2.45) is 0 Å². The molecule has 3 fully saturated rings. The van der Waals surface area contributed by atoms with E-state index in [0.717, 1.165) is 11.1 Å². The van der Waals surface area contributed by atoms with E-state index in [-0.39, 0.29) is 179 Å². The first kappa shape index (κ1) is 97.2. The lowest BCUT2D eigenvalue weighted by atomic mass is 9.98. The first-order valence-corrected chi connectivity index (χ1v) is 43.2. The van der Waals surface area contributed by atoms with Gasteiger partial charge in [0, 0.05) is 167 Å². The number of carbonyl (C=O) groups is 9. The Morgan fingerprint density at radius 2 is 0.774 bits per heavy atom. The van der Waals surface area contributed by atoms with Gasteiger partial charge in [-0.1, -0.05) is 52.0 Å². The van der Waals surface area contributed by atoms with Crippen LogP contribution in [0.15, 0.2) is 72.8 Å². The van der Waals surface area contributed by atoms with Crippen LogP contribution in [0.2, 0.25) is 0 Å². The zero-order valence-electron chi connectivity index (χ0n) is 75.7. The van der Waals surface area contributed by atoms with Crippen molar-refractivity contribution in [1.82, 2.24) is 84.7 Å². The molecule has 2 aromatic heterocycles. The number of ether oxygens (including phenoxy) is 4. The molecule has 3 aliphatic rings.